The topological polar surface area (TPSA) is 52.7 Å². The third-order valence-corrected chi connectivity index (χ3v) is 3.02. The quantitative estimate of drug-likeness (QED) is 0.792. The SMILES string of the molecule is CCn1nc(C)cc1Cn1ncc(I)cc1=O. The van der Waals surface area contributed by atoms with Crippen LogP contribution in [-0.4, -0.2) is 19.6 Å². The zero-order valence-corrected chi connectivity index (χ0v) is 11.9. The smallest absolute Gasteiger partial charge is 0.268 e. The molecule has 0 unspecified atom stereocenters. The molecule has 0 saturated carbocycles. The van der Waals surface area contributed by atoms with Crippen molar-refractivity contribution in [1.82, 2.24) is 19.6 Å². The lowest BCUT2D eigenvalue weighted by Gasteiger charge is -2.06. The summed E-state index contributed by atoms with van der Waals surface area (Å²) in [4.78, 5) is 11.7. The van der Waals surface area contributed by atoms with Gasteiger partial charge in [0.2, 0.25) is 0 Å². The van der Waals surface area contributed by atoms with Crippen LogP contribution in [0.3, 0.4) is 0 Å². The minimum absolute atomic E-state index is 0.0848. The summed E-state index contributed by atoms with van der Waals surface area (Å²) >= 11 is 2.08. The lowest BCUT2D eigenvalue weighted by molar-refractivity contribution is 0.558. The molecule has 0 aromatic carbocycles. The molecule has 0 fully saturated rings. The third-order valence-electron chi connectivity index (χ3n) is 2.43. The molecule has 0 radical (unpaired) electrons. The van der Waals surface area contributed by atoms with Gasteiger partial charge < -0.3 is 0 Å². The second-order valence-electron chi connectivity index (χ2n) is 3.76. The maximum absolute atomic E-state index is 11.7. The molecule has 0 saturated heterocycles. The molecule has 0 N–H and O–H groups in total. The van der Waals surface area contributed by atoms with Crippen molar-refractivity contribution in [1.29, 1.82) is 0 Å². The van der Waals surface area contributed by atoms with E-state index >= 15 is 0 Å². The normalized spacial score (nSPS) is 10.8. The van der Waals surface area contributed by atoms with E-state index in [0.29, 0.717) is 6.54 Å². The molecule has 0 aliphatic rings. The second kappa shape index (κ2) is 4.99. The number of nitrogens with zero attached hydrogens (tertiary/aromatic N) is 4. The molecule has 2 rings (SSSR count). The zero-order valence-electron chi connectivity index (χ0n) is 9.72. The Balaban J connectivity index is 2.34. The number of halogens is 1. The van der Waals surface area contributed by atoms with Gasteiger partial charge in [0.15, 0.2) is 0 Å². The highest BCUT2D eigenvalue weighted by molar-refractivity contribution is 14.1. The lowest BCUT2D eigenvalue weighted by atomic mass is 10.3. The number of rotatable bonds is 3. The first-order valence-electron chi connectivity index (χ1n) is 5.36. The molecule has 2 aromatic heterocycles. The molecule has 5 nitrogen and oxygen atoms in total. The Bertz CT molecular complexity index is 587. The standard InChI is InChI=1S/C11H13IN4O/c1-3-15-10(4-8(2)14-15)7-16-11(17)5-9(12)6-13-16/h4-6H,3,7H2,1-2H3. The van der Waals surface area contributed by atoms with E-state index in [1.54, 1.807) is 12.3 Å². The van der Waals surface area contributed by atoms with Crippen LogP contribution in [0, 0.1) is 10.5 Å². The first-order chi connectivity index (χ1) is 8.10. The van der Waals surface area contributed by atoms with E-state index in [-0.39, 0.29) is 5.56 Å². The van der Waals surface area contributed by atoms with Crippen molar-refractivity contribution in [3.63, 3.8) is 0 Å². The van der Waals surface area contributed by atoms with Gasteiger partial charge in [0.25, 0.3) is 5.56 Å². The average Bonchev–Trinajstić information content (AvgIpc) is 2.63. The van der Waals surface area contributed by atoms with Crippen LogP contribution in [0.2, 0.25) is 0 Å². The minimum Gasteiger partial charge on any atom is -0.268 e. The highest BCUT2D eigenvalue weighted by Gasteiger charge is 2.06. The molecule has 2 aromatic rings. The molecule has 6 heteroatoms. The van der Waals surface area contributed by atoms with Gasteiger partial charge in [0.1, 0.15) is 0 Å². The summed E-state index contributed by atoms with van der Waals surface area (Å²) in [6.45, 7) is 5.23. The van der Waals surface area contributed by atoms with Crippen LogP contribution in [0.1, 0.15) is 18.3 Å². The van der Waals surface area contributed by atoms with Crippen LogP contribution >= 0.6 is 22.6 Å². The fraction of sp³-hybridized carbons (Fsp3) is 0.364. The Labute approximate surface area is 113 Å². The van der Waals surface area contributed by atoms with Gasteiger partial charge >= 0.3 is 0 Å². The zero-order chi connectivity index (χ0) is 12.4. The van der Waals surface area contributed by atoms with Gasteiger partial charge in [-0.3, -0.25) is 9.48 Å². The number of hydrogen-bond donors (Lipinski definition) is 0. The average molecular weight is 344 g/mol. The summed E-state index contributed by atoms with van der Waals surface area (Å²) in [6.07, 6.45) is 1.68. The Morgan fingerprint density at radius 2 is 2.12 bits per heavy atom. The largest absolute Gasteiger partial charge is 0.268 e. The van der Waals surface area contributed by atoms with E-state index in [1.807, 2.05) is 24.6 Å². The highest BCUT2D eigenvalue weighted by atomic mass is 127. The van der Waals surface area contributed by atoms with Crippen LogP contribution in [0.15, 0.2) is 23.1 Å². The number of aryl methyl sites for hydroxylation is 2. The molecule has 0 amide bonds. The van der Waals surface area contributed by atoms with Crippen molar-refractivity contribution in [2.75, 3.05) is 0 Å². The molecule has 0 aliphatic carbocycles. The van der Waals surface area contributed by atoms with Crippen LogP contribution in [-0.2, 0) is 13.1 Å². The summed E-state index contributed by atoms with van der Waals surface area (Å²) < 4.78 is 4.19. The van der Waals surface area contributed by atoms with Gasteiger partial charge in [-0.05, 0) is 42.5 Å². The van der Waals surface area contributed by atoms with Crippen molar-refractivity contribution >= 4 is 22.6 Å². The van der Waals surface area contributed by atoms with Crippen molar-refractivity contribution in [2.45, 2.75) is 26.9 Å². The maximum Gasteiger partial charge on any atom is 0.268 e. The molecular formula is C11H13IN4O. The fourth-order valence-corrected chi connectivity index (χ4v) is 2.07. The van der Waals surface area contributed by atoms with Gasteiger partial charge in [-0.15, -0.1) is 0 Å². The van der Waals surface area contributed by atoms with Crippen LogP contribution in [0.5, 0.6) is 0 Å². The van der Waals surface area contributed by atoms with Crippen LogP contribution < -0.4 is 5.56 Å². The van der Waals surface area contributed by atoms with E-state index in [0.717, 1.165) is 21.5 Å². The summed E-state index contributed by atoms with van der Waals surface area (Å²) in [5.74, 6) is 0. The van der Waals surface area contributed by atoms with Gasteiger partial charge in [0.05, 0.1) is 24.1 Å². The monoisotopic (exact) mass is 344 g/mol. The van der Waals surface area contributed by atoms with E-state index in [4.69, 9.17) is 0 Å². The van der Waals surface area contributed by atoms with Gasteiger partial charge in [-0.25, -0.2) is 4.68 Å². The predicted octanol–water partition coefficient (Wildman–Crippen LogP) is 1.42. The Morgan fingerprint density at radius 3 is 2.76 bits per heavy atom. The molecule has 0 atom stereocenters. The van der Waals surface area contributed by atoms with Gasteiger partial charge in [0, 0.05) is 16.2 Å². The Hall–Kier alpha value is -1.18. The van der Waals surface area contributed by atoms with E-state index in [2.05, 4.69) is 32.8 Å². The first-order valence-corrected chi connectivity index (χ1v) is 6.44. The van der Waals surface area contributed by atoms with E-state index < -0.39 is 0 Å². The second-order valence-corrected chi connectivity index (χ2v) is 5.01. The number of hydrogen-bond acceptors (Lipinski definition) is 3. The maximum atomic E-state index is 11.7. The predicted molar refractivity (Wildman–Crippen MR) is 73.0 cm³/mol. The lowest BCUT2D eigenvalue weighted by Crippen LogP contribution is -2.24. The van der Waals surface area contributed by atoms with Crippen molar-refractivity contribution in [3.8, 4) is 0 Å². The molecular weight excluding hydrogens is 331 g/mol. The van der Waals surface area contributed by atoms with E-state index in [9.17, 15) is 4.79 Å². The molecule has 0 spiro atoms. The summed E-state index contributed by atoms with van der Waals surface area (Å²) in [6, 6.07) is 3.56. The molecule has 17 heavy (non-hydrogen) atoms. The van der Waals surface area contributed by atoms with Crippen molar-refractivity contribution in [2.24, 2.45) is 0 Å². The Morgan fingerprint density at radius 1 is 1.35 bits per heavy atom. The number of aromatic nitrogens is 4. The fourth-order valence-electron chi connectivity index (χ4n) is 1.68. The summed E-state index contributed by atoms with van der Waals surface area (Å²) in [7, 11) is 0. The summed E-state index contributed by atoms with van der Waals surface area (Å²) in [5.41, 5.74) is 1.87. The highest BCUT2D eigenvalue weighted by Crippen LogP contribution is 2.05. The molecule has 2 heterocycles. The third kappa shape index (κ3) is 2.74. The van der Waals surface area contributed by atoms with Crippen molar-refractivity contribution < 1.29 is 0 Å². The van der Waals surface area contributed by atoms with E-state index in [1.165, 1.54) is 4.68 Å². The molecule has 0 aliphatic heterocycles. The van der Waals surface area contributed by atoms with Gasteiger partial charge in [-0.1, -0.05) is 0 Å². The van der Waals surface area contributed by atoms with Gasteiger partial charge in [-0.2, -0.15) is 10.2 Å². The Kier molecular flexibility index (Phi) is 3.60. The summed E-state index contributed by atoms with van der Waals surface area (Å²) in [5, 5.41) is 8.46. The molecule has 90 valence electrons. The molecule has 0 bridgehead atoms. The van der Waals surface area contributed by atoms with Crippen LogP contribution in [0.25, 0.3) is 0 Å². The van der Waals surface area contributed by atoms with Crippen LogP contribution in [0.4, 0.5) is 0 Å². The first kappa shape index (κ1) is 12.3. The van der Waals surface area contributed by atoms with Crippen molar-refractivity contribution in [3.05, 3.63) is 43.6 Å². The minimum atomic E-state index is -0.0848.